The molecule has 0 spiro atoms. The molecule has 0 aliphatic carbocycles. The summed E-state index contributed by atoms with van der Waals surface area (Å²) in [5.41, 5.74) is 0.874. The quantitative estimate of drug-likeness (QED) is 0.329. The first-order chi connectivity index (χ1) is 11.9. The second-order valence-corrected chi connectivity index (χ2v) is 6.18. The summed E-state index contributed by atoms with van der Waals surface area (Å²) < 4.78 is 18.4. The van der Waals surface area contributed by atoms with E-state index in [9.17, 15) is 9.18 Å². The van der Waals surface area contributed by atoms with Crippen molar-refractivity contribution in [3.8, 4) is 0 Å². The summed E-state index contributed by atoms with van der Waals surface area (Å²) in [4.78, 5) is 15.8. The number of hydrogen-bond donors (Lipinski definition) is 2. The van der Waals surface area contributed by atoms with Gasteiger partial charge >= 0.3 is 0 Å². The summed E-state index contributed by atoms with van der Waals surface area (Å²) in [6.07, 6.45) is 1.81. The molecule has 2 rings (SSSR count). The van der Waals surface area contributed by atoms with E-state index in [2.05, 4.69) is 10.3 Å². The molecule has 0 bridgehead atoms. The number of halogens is 4. The molecule has 0 aliphatic rings. The van der Waals surface area contributed by atoms with Crippen LogP contribution in [0.1, 0.15) is 15.9 Å². The molecule has 5 nitrogen and oxygen atoms in total. The lowest BCUT2D eigenvalue weighted by atomic mass is 10.1. The molecule has 0 aliphatic heterocycles. The number of ether oxygens (including phenoxy) is 1. The van der Waals surface area contributed by atoms with Gasteiger partial charge in [-0.1, -0.05) is 40.9 Å². The van der Waals surface area contributed by atoms with Crippen molar-refractivity contribution < 1.29 is 13.9 Å². The van der Waals surface area contributed by atoms with Crippen LogP contribution in [0.15, 0.2) is 30.5 Å². The average Bonchev–Trinajstić information content (AvgIpc) is 2.57. The van der Waals surface area contributed by atoms with Gasteiger partial charge < -0.3 is 10.1 Å². The first-order valence-corrected chi connectivity index (χ1v) is 8.21. The largest absolute Gasteiger partial charge is 0.373 e. The third kappa shape index (κ3) is 5.93. The molecule has 1 heterocycles. The Bertz CT molecular complexity index is 802. The zero-order chi connectivity index (χ0) is 18.4. The van der Waals surface area contributed by atoms with Gasteiger partial charge in [0.1, 0.15) is 23.4 Å². The maximum atomic E-state index is 13.1. The Labute approximate surface area is 158 Å². The van der Waals surface area contributed by atoms with Crippen LogP contribution in [0.4, 0.5) is 4.39 Å². The zero-order valence-electron chi connectivity index (χ0n) is 12.8. The monoisotopic (exact) mass is 403 g/mol. The molecule has 1 aromatic heterocycles. The summed E-state index contributed by atoms with van der Waals surface area (Å²) in [5.74, 6) is -1.22. The van der Waals surface area contributed by atoms with Gasteiger partial charge in [-0.2, -0.15) is 0 Å². The highest BCUT2D eigenvalue weighted by atomic mass is 35.5. The van der Waals surface area contributed by atoms with Gasteiger partial charge in [-0.15, -0.1) is 0 Å². The van der Waals surface area contributed by atoms with Gasteiger partial charge in [0.05, 0.1) is 22.2 Å². The molecule has 0 atom stereocenters. The molecule has 132 valence electrons. The maximum absolute atomic E-state index is 13.1. The van der Waals surface area contributed by atoms with Gasteiger partial charge in [0.2, 0.25) is 0 Å². The van der Waals surface area contributed by atoms with Crippen molar-refractivity contribution in [1.82, 2.24) is 10.3 Å². The van der Waals surface area contributed by atoms with Crippen LogP contribution in [0.3, 0.4) is 0 Å². The summed E-state index contributed by atoms with van der Waals surface area (Å²) in [7, 11) is 0. The highest BCUT2D eigenvalue weighted by molar-refractivity contribution is 6.35. The maximum Gasteiger partial charge on any atom is 0.259 e. The second kappa shape index (κ2) is 9.10. The number of rotatable bonds is 6. The number of carbonyl (C=O) groups excluding carboxylic acids is 1. The first kappa shape index (κ1) is 19.6. The van der Waals surface area contributed by atoms with Gasteiger partial charge in [0, 0.05) is 6.20 Å². The van der Waals surface area contributed by atoms with Crippen molar-refractivity contribution in [3.63, 3.8) is 0 Å². The van der Waals surface area contributed by atoms with Crippen molar-refractivity contribution in [1.29, 1.82) is 5.41 Å². The van der Waals surface area contributed by atoms with E-state index in [4.69, 9.17) is 44.9 Å². The Morgan fingerprint density at radius 1 is 1.28 bits per heavy atom. The first-order valence-electron chi connectivity index (χ1n) is 7.08. The summed E-state index contributed by atoms with van der Waals surface area (Å²) in [5, 5.41) is 10.4. The summed E-state index contributed by atoms with van der Waals surface area (Å²) in [6, 6.07) is 5.76. The Morgan fingerprint density at radius 2 is 2.04 bits per heavy atom. The zero-order valence-corrected chi connectivity index (χ0v) is 15.1. The second-order valence-electron chi connectivity index (χ2n) is 4.98. The van der Waals surface area contributed by atoms with Crippen LogP contribution in [0.25, 0.3) is 0 Å². The minimum Gasteiger partial charge on any atom is -0.373 e. The molecule has 0 fully saturated rings. The van der Waals surface area contributed by atoms with Crippen molar-refractivity contribution in [3.05, 3.63) is 62.6 Å². The number of nitrogens with zero attached hydrogens (tertiary/aromatic N) is 1. The Hall–Kier alpha value is -1.73. The van der Waals surface area contributed by atoms with Crippen molar-refractivity contribution >= 4 is 46.5 Å². The third-order valence-corrected chi connectivity index (χ3v) is 3.88. The van der Waals surface area contributed by atoms with E-state index in [0.717, 1.165) is 5.56 Å². The number of amidine groups is 1. The molecule has 0 radical (unpaired) electrons. The molecule has 1 aromatic carbocycles. The van der Waals surface area contributed by atoms with Crippen LogP contribution in [0.2, 0.25) is 15.2 Å². The van der Waals surface area contributed by atoms with Crippen LogP contribution < -0.4 is 5.32 Å². The lowest BCUT2D eigenvalue weighted by Gasteiger charge is -2.09. The van der Waals surface area contributed by atoms with Gasteiger partial charge in [-0.3, -0.25) is 10.2 Å². The standard InChI is InChI=1S/C16H13Cl3FN3O2/c17-10-6-11(15(19)22-7-10)16(24)23-14(21)8-25-4-3-9-1-2-13(20)12(18)5-9/h1-2,5-7H,3-4,8H2,(H2,21,23,24). The number of nitrogens with one attached hydrogen (secondary N) is 2. The fourth-order valence-electron chi connectivity index (χ4n) is 1.88. The Morgan fingerprint density at radius 3 is 2.76 bits per heavy atom. The van der Waals surface area contributed by atoms with Gasteiger partial charge in [-0.25, -0.2) is 9.37 Å². The predicted octanol–water partition coefficient (Wildman–Crippen LogP) is 4.15. The molecular weight excluding hydrogens is 392 g/mol. The number of aromatic nitrogens is 1. The topological polar surface area (TPSA) is 75.1 Å². The van der Waals surface area contributed by atoms with Gasteiger partial charge in [0.15, 0.2) is 0 Å². The van der Waals surface area contributed by atoms with E-state index in [1.807, 2.05) is 0 Å². The van der Waals surface area contributed by atoms with Crippen molar-refractivity contribution in [2.24, 2.45) is 0 Å². The van der Waals surface area contributed by atoms with Crippen molar-refractivity contribution in [2.45, 2.75) is 6.42 Å². The number of benzene rings is 1. The smallest absolute Gasteiger partial charge is 0.259 e. The molecule has 0 saturated heterocycles. The van der Waals surface area contributed by atoms with E-state index >= 15 is 0 Å². The van der Waals surface area contributed by atoms with Crippen LogP contribution in [-0.4, -0.2) is 29.9 Å². The lowest BCUT2D eigenvalue weighted by molar-refractivity contribution is 0.0970. The van der Waals surface area contributed by atoms with E-state index in [1.54, 1.807) is 6.07 Å². The minimum absolute atomic E-state index is 0.0104. The molecule has 9 heteroatoms. The van der Waals surface area contributed by atoms with Gasteiger partial charge in [-0.05, 0) is 30.2 Å². The van der Waals surface area contributed by atoms with E-state index in [0.29, 0.717) is 6.42 Å². The Balaban J connectivity index is 1.77. The molecule has 2 aromatic rings. The molecule has 0 unspecified atom stereocenters. The van der Waals surface area contributed by atoms with Crippen molar-refractivity contribution in [2.75, 3.05) is 13.2 Å². The summed E-state index contributed by atoms with van der Waals surface area (Å²) in [6.45, 7) is 0.173. The third-order valence-electron chi connectivity index (χ3n) is 3.08. The Kier molecular flexibility index (Phi) is 7.13. The number of carbonyl (C=O) groups is 1. The van der Waals surface area contributed by atoms with Crippen LogP contribution in [0.5, 0.6) is 0 Å². The van der Waals surface area contributed by atoms with E-state index < -0.39 is 11.7 Å². The van der Waals surface area contributed by atoms with Crippen LogP contribution in [0, 0.1) is 11.2 Å². The van der Waals surface area contributed by atoms with Crippen LogP contribution in [-0.2, 0) is 11.2 Å². The number of hydrogen-bond acceptors (Lipinski definition) is 4. The molecule has 25 heavy (non-hydrogen) atoms. The fourth-order valence-corrected chi connectivity index (χ4v) is 2.43. The molecule has 2 N–H and O–H groups in total. The fraction of sp³-hybridized carbons (Fsp3) is 0.188. The predicted molar refractivity (Wildman–Crippen MR) is 95.4 cm³/mol. The molecule has 0 saturated carbocycles. The SMILES string of the molecule is N=C(COCCc1ccc(F)c(Cl)c1)NC(=O)c1cc(Cl)cnc1Cl. The van der Waals surface area contributed by atoms with E-state index in [-0.39, 0.29) is 39.8 Å². The highest BCUT2D eigenvalue weighted by Gasteiger charge is 2.13. The molecule has 1 amide bonds. The number of amides is 1. The van der Waals surface area contributed by atoms with Crippen LogP contribution >= 0.6 is 34.8 Å². The highest BCUT2D eigenvalue weighted by Crippen LogP contribution is 2.17. The minimum atomic E-state index is -0.598. The average molecular weight is 405 g/mol. The van der Waals surface area contributed by atoms with E-state index in [1.165, 1.54) is 24.4 Å². The summed E-state index contributed by atoms with van der Waals surface area (Å²) >= 11 is 17.3. The number of pyridine rings is 1. The normalized spacial score (nSPS) is 10.6. The van der Waals surface area contributed by atoms with Gasteiger partial charge in [0.25, 0.3) is 5.91 Å². The lowest BCUT2D eigenvalue weighted by Crippen LogP contribution is -2.33. The molecular formula is C16H13Cl3FN3O2.